The maximum absolute atomic E-state index is 5.09. The molecule has 104 valence electrons. The van der Waals surface area contributed by atoms with Gasteiger partial charge in [0.25, 0.3) is 5.69 Å². The highest BCUT2D eigenvalue weighted by molar-refractivity contribution is 5.22. The van der Waals surface area contributed by atoms with E-state index in [9.17, 15) is 0 Å². The number of hydrogen-bond acceptors (Lipinski definition) is 4. The predicted molar refractivity (Wildman–Crippen MR) is 75.2 cm³/mol. The van der Waals surface area contributed by atoms with E-state index in [1.807, 2.05) is 51.1 Å². The van der Waals surface area contributed by atoms with Crippen molar-refractivity contribution in [2.75, 3.05) is 5.32 Å². The summed E-state index contributed by atoms with van der Waals surface area (Å²) in [6.45, 7) is 10.3. The zero-order valence-electron chi connectivity index (χ0n) is 12.3. The summed E-state index contributed by atoms with van der Waals surface area (Å²) in [5.74, 6) is 0. The van der Waals surface area contributed by atoms with Crippen molar-refractivity contribution in [3.8, 4) is 5.69 Å². The van der Waals surface area contributed by atoms with E-state index in [0.717, 1.165) is 5.69 Å². The maximum atomic E-state index is 5.09. The summed E-state index contributed by atoms with van der Waals surface area (Å²) in [6.07, 6.45) is 1.25. The van der Waals surface area contributed by atoms with Gasteiger partial charge in [-0.25, -0.2) is 0 Å². The van der Waals surface area contributed by atoms with Crippen molar-refractivity contribution in [3.63, 3.8) is 0 Å². The molecule has 0 aliphatic carbocycles. The van der Waals surface area contributed by atoms with Crippen LogP contribution in [0.4, 0.5) is 6.01 Å². The second-order valence-corrected chi connectivity index (χ2v) is 5.29. The van der Waals surface area contributed by atoms with Gasteiger partial charge in [0.15, 0.2) is 0 Å². The summed E-state index contributed by atoms with van der Waals surface area (Å²) in [4.78, 5) is 1.45. The van der Waals surface area contributed by atoms with Crippen LogP contribution in [0.3, 0.4) is 0 Å². The standard InChI is InChI=1S/C11H15N4O.C3H8/c1-11(2,3)12-10-13-15(14-16-10)9-7-5-4-6-8-9;1-3-2/h4-8H,1-3H3,(H,12,13,14);3H2,1-2H3/q+1;. The number of hydrogen-bond donors (Lipinski definition) is 1. The van der Waals surface area contributed by atoms with Crippen LogP contribution in [0.15, 0.2) is 34.9 Å². The third kappa shape index (κ3) is 5.50. The van der Waals surface area contributed by atoms with Gasteiger partial charge < -0.3 is 5.32 Å². The van der Waals surface area contributed by atoms with E-state index >= 15 is 0 Å². The molecule has 2 aromatic rings. The molecule has 19 heavy (non-hydrogen) atoms. The van der Waals surface area contributed by atoms with Crippen molar-refractivity contribution in [2.45, 2.75) is 46.6 Å². The van der Waals surface area contributed by atoms with Gasteiger partial charge in [0.1, 0.15) is 4.80 Å². The molecule has 0 radical (unpaired) electrons. The number of anilines is 1. The molecule has 0 fully saturated rings. The van der Waals surface area contributed by atoms with Gasteiger partial charge in [-0.3, -0.25) is 4.52 Å². The molecule has 0 saturated carbocycles. The van der Waals surface area contributed by atoms with Gasteiger partial charge in [0.05, 0.1) is 5.10 Å². The van der Waals surface area contributed by atoms with E-state index in [0.29, 0.717) is 6.01 Å². The Morgan fingerprint density at radius 3 is 2.26 bits per heavy atom. The van der Waals surface area contributed by atoms with Gasteiger partial charge in [-0.05, 0) is 20.8 Å². The monoisotopic (exact) mass is 263 g/mol. The first-order valence-electron chi connectivity index (χ1n) is 6.56. The molecule has 1 aromatic heterocycles. The van der Waals surface area contributed by atoms with Gasteiger partial charge >= 0.3 is 6.01 Å². The fraction of sp³-hybridized carbons (Fsp3) is 0.500. The molecule has 0 atom stereocenters. The number of nitrogens with one attached hydrogen (secondary N) is 1. The Bertz CT molecular complexity index is 474. The number of aromatic nitrogens is 3. The van der Waals surface area contributed by atoms with Crippen LogP contribution in [-0.4, -0.2) is 15.9 Å². The first-order valence-corrected chi connectivity index (χ1v) is 6.56. The zero-order valence-corrected chi connectivity index (χ0v) is 12.3. The van der Waals surface area contributed by atoms with E-state index in [2.05, 4.69) is 29.5 Å². The Kier molecular flexibility index (Phi) is 5.48. The lowest BCUT2D eigenvalue weighted by molar-refractivity contribution is -0.724. The lowest BCUT2D eigenvalue weighted by Gasteiger charge is -2.16. The Morgan fingerprint density at radius 1 is 1.16 bits per heavy atom. The number of nitrogens with zero attached hydrogens (tertiary/aromatic N) is 3. The molecule has 0 aliphatic heterocycles. The molecular formula is C14H23N4O+. The second-order valence-electron chi connectivity index (χ2n) is 5.29. The molecule has 0 bridgehead atoms. The molecule has 0 spiro atoms. The molecule has 0 amide bonds. The number of benzene rings is 1. The predicted octanol–water partition coefficient (Wildman–Crippen LogP) is 2.97. The fourth-order valence-electron chi connectivity index (χ4n) is 1.23. The molecule has 0 aliphatic rings. The first kappa shape index (κ1) is 15.1. The molecule has 5 nitrogen and oxygen atoms in total. The van der Waals surface area contributed by atoms with Crippen molar-refractivity contribution in [1.29, 1.82) is 0 Å². The van der Waals surface area contributed by atoms with Crippen LogP contribution in [0.5, 0.6) is 0 Å². The van der Waals surface area contributed by atoms with Crippen molar-refractivity contribution >= 4 is 6.01 Å². The highest BCUT2D eigenvalue weighted by Gasteiger charge is 2.20. The summed E-state index contributed by atoms with van der Waals surface area (Å²) in [5, 5.41) is 11.1. The van der Waals surface area contributed by atoms with Crippen LogP contribution >= 0.6 is 0 Å². The summed E-state index contributed by atoms with van der Waals surface area (Å²) in [6, 6.07) is 10.0. The lowest BCUT2D eigenvalue weighted by Crippen LogP contribution is -2.36. The van der Waals surface area contributed by atoms with Crippen LogP contribution < -0.4 is 10.1 Å². The second kappa shape index (κ2) is 6.87. The van der Waals surface area contributed by atoms with Crippen molar-refractivity contribution in [2.24, 2.45) is 0 Å². The number of rotatable bonds is 2. The summed E-state index contributed by atoms with van der Waals surface area (Å²) >= 11 is 0. The van der Waals surface area contributed by atoms with Gasteiger partial charge in [-0.2, -0.15) is 0 Å². The minimum Gasteiger partial charge on any atom is -0.328 e. The average Bonchev–Trinajstić information content (AvgIpc) is 2.77. The van der Waals surface area contributed by atoms with Crippen LogP contribution in [-0.2, 0) is 0 Å². The fourth-order valence-corrected chi connectivity index (χ4v) is 1.23. The van der Waals surface area contributed by atoms with E-state index < -0.39 is 0 Å². The van der Waals surface area contributed by atoms with Crippen LogP contribution in [0.2, 0.25) is 0 Å². The van der Waals surface area contributed by atoms with E-state index in [1.54, 1.807) is 0 Å². The molecule has 5 heteroatoms. The van der Waals surface area contributed by atoms with Gasteiger partial charge in [-0.1, -0.05) is 38.5 Å². The summed E-state index contributed by atoms with van der Waals surface area (Å²) in [7, 11) is 0. The Morgan fingerprint density at radius 2 is 1.74 bits per heavy atom. The van der Waals surface area contributed by atoms with E-state index in [4.69, 9.17) is 4.52 Å². The quantitative estimate of drug-likeness (QED) is 0.846. The topological polar surface area (TPSA) is 54.8 Å². The minimum absolute atomic E-state index is 0.0962. The normalized spacial score (nSPS) is 10.6. The van der Waals surface area contributed by atoms with Crippen LogP contribution in [0, 0.1) is 0 Å². The highest BCUT2D eigenvalue weighted by atomic mass is 16.5. The average molecular weight is 263 g/mol. The highest BCUT2D eigenvalue weighted by Crippen LogP contribution is 2.09. The third-order valence-corrected chi connectivity index (χ3v) is 1.86. The van der Waals surface area contributed by atoms with Crippen LogP contribution in [0.1, 0.15) is 41.0 Å². The smallest absolute Gasteiger partial charge is 0.328 e. The van der Waals surface area contributed by atoms with Crippen molar-refractivity contribution in [3.05, 3.63) is 30.3 Å². The van der Waals surface area contributed by atoms with Crippen molar-refractivity contribution in [1.82, 2.24) is 10.4 Å². The Hall–Kier alpha value is -1.91. The largest absolute Gasteiger partial charge is 0.389 e. The van der Waals surface area contributed by atoms with Gasteiger partial charge in [0, 0.05) is 17.7 Å². The number of para-hydroxylation sites is 1. The molecule has 0 saturated heterocycles. The molecule has 1 heterocycles. The minimum atomic E-state index is -0.0962. The zero-order chi connectivity index (χ0) is 14.3. The van der Waals surface area contributed by atoms with Crippen LogP contribution in [0.25, 0.3) is 5.69 Å². The summed E-state index contributed by atoms with van der Waals surface area (Å²) in [5.41, 5.74) is 0.773. The van der Waals surface area contributed by atoms with Gasteiger partial charge in [0.2, 0.25) is 5.27 Å². The van der Waals surface area contributed by atoms with E-state index in [1.165, 1.54) is 11.2 Å². The first-order chi connectivity index (χ1) is 8.96. The third-order valence-electron chi connectivity index (χ3n) is 1.86. The summed E-state index contributed by atoms with van der Waals surface area (Å²) < 4.78 is 5.09. The molecule has 2 rings (SSSR count). The molecule has 1 aromatic carbocycles. The molecule has 0 unspecified atom stereocenters. The lowest BCUT2D eigenvalue weighted by atomic mass is 10.1. The van der Waals surface area contributed by atoms with Gasteiger partial charge in [-0.15, -0.1) is 0 Å². The van der Waals surface area contributed by atoms with E-state index in [-0.39, 0.29) is 5.54 Å². The SMILES string of the molecule is CC(C)(C)Nc1n[n+](-c2ccccc2)no1.CCC. The molecular weight excluding hydrogens is 240 g/mol. The Balaban J connectivity index is 0.000000550. The maximum Gasteiger partial charge on any atom is 0.389 e. The van der Waals surface area contributed by atoms with Crippen molar-refractivity contribution < 1.29 is 9.32 Å². The molecule has 1 N–H and O–H groups in total. The Labute approximate surface area is 114 Å².